The lowest BCUT2D eigenvalue weighted by Gasteiger charge is -1.93. The third-order valence-corrected chi connectivity index (χ3v) is 1.36. The van der Waals surface area contributed by atoms with E-state index in [0.717, 1.165) is 18.2 Å². The third-order valence-electron chi connectivity index (χ3n) is 1.15. The highest BCUT2D eigenvalue weighted by atomic mass is 35.5. The van der Waals surface area contributed by atoms with Crippen LogP contribution in [0.1, 0.15) is 17.8 Å². The van der Waals surface area contributed by atoms with Crippen LogP contribution in [0.25, 0.3) is 0 Å². The summed E-state index contributed by atoms with van der Waals surface area (Å²) in [6.07, 6.45) is 0. The summed E-state index contributed by atoms with van der Waals surface area (Å²) >= 11 is 5.00. The summed E-state index contributed by atoms with van der Waals surface area (Å²) in [4.78, 5) is 10.4. The molecule has 1 aromatic rings. The molecule has 0 bridgehead atoms. The molecule has 0 spiro atoms. The summed E-state index contributed by atoms with van der Waals surface area (Å²) in [6, 6.07) is 2.73. The molecule has 4 heteroatoms. The second kappa shape index (κ2) is 4.16. The first-order chi connectivity index (χ1) is 5.11. The molecule has 0 heterocycles. The van der Waals surface area contributed by atoms with Crippen molar-refractivity contribution in [1.29, 1.82) is 0 Å². The van der Waals surface area contributed by atoms with Gasteiger partial charge in [0.25, 0.3) is 5.24 Å². The van der Waals surface area contributed by atoms with Crippen LogP contribution in [0.2, 0.25) is 0 Å². The van der Waals surface area contributed by atoms with E-state index in [1.54, 1.807) is 0 Å². The van der Waals surface area contributed by atoms with Crippen molar-refractivity contribution in [2.75, 3.05) is 0 Å². The van der Waals surface area contributed by atoms with Crippen molar-refractivity contribution in [1.82, 2.24) is 0 Å². The molecule has 1 rings (SSSR count). The molecule has 1 nitrogen and oxygen atoms in total. The zero-order valence-electron chi connectivity index (χ0n) is 5.27. The molecular weight excluding hydrogens is 186 g/mol. The highest BCUT2D eigenvalue weighted by molar-refractivity contribution is 6.67. The highest BCUT2D eigenvalue weighted by Gasteiger charge is 2.06. The van der Waals surface area contributed by atoms with E-state index in [4.69, 9.17) is 11.6 Å². The van der Waals surface area contributed by atoms with Gasteiger partial charge in [0.05, 0.1) is 0 Å². The molecule has 0 unspecified atom stereocenters. The van der Waals surface area contributed by atoms with Crippen molar-refractivity contribution >= 4 is 16.8 Å². The van der Waals surface area contributed by atoms with E-state index in [1.165, 1.54) is 0 Å². The molecule has 1 aromatic carbocycles. The molecule has 0 fully saturated rings. The number of carbonyl (C=O) groups excluding carboxylic acids is 1. The summed E-state index contributed by atoms with van der Waals surface area (Å²) in [5.41, 5.74) is -0.0504. The lowest BCUT2D eigenvalue weighted by molar-refractivity contribution is 0.108. The second-order valence-electron chi connectivity index (χ2n) is 1.90. The number of benzene rings is 1. The Bertz CT molecular complexity index is 299. The van der Waals surface area contributed by atoms with Crippen molar-refractivity contribution < 1.29 is 13.6 Å². The fourth-order valence-corrected chi connectivity index (χ4v) is 0.736. The van der Waals surface area contributed by atoms with E-state index in [0.29, 0.717) is 0 Å². The Hall–Kier alpha value is -0.960. The van der Waals surface area contributed by atoms with Gasteiger partial charge >= 0.3 is 0 Å². The number of carbonyl (C=O) groups is 1. The topological polar surface area (TPSA) is 17.1 Å². The lowest BCUT2D eigenvalue weighted by atomic mass is 10.2. The Morgan fingerprint density at radius 1 is 1.25 bits per heavy atom. The van der Waals surface area contributed by atoms with Gasteiger partial charge in [-0.05, 0) is 29.8 Å². The first-order valence-electron chi connectivity index (χ1n) is 2.76. The van der Waals surface area contributed by atoms with E-state index in [-0.39, 0.29) is 13.0 Å². The van der Waals surface area contributed by atoms with Gasteiger partial charge in [-0.2, -0.15) is 0 Å². The lowest BCUT2D eigenvalue weighted by Crippen LogP contribution is -1.91. The molecule has 0 aliphatic rings. The quantitative estimate of drug-likeness (QED) is 0.626. The molecule has 0 N–H and O–H groups in total. The Labute approximate surface area is 74.0 Å². The molecule has 0 saturated carbocycles. The molecule has 0 saturated heterocycles. The maximum Gasteiger partial charge on any atom is 0.252 e. The average Bonchev–Trinajstić information content (AvgIpc) is 1.94. The van der Waals surface area contributed by atoms with Crippen molar-refractivity contribution in [2.24, 2.45) is 0 Å². The fraction of sp³-hybridized carbons (Fsp3) is 0.125. The van der Waals surface area contributed by atoms with E-state index in [1.807, 2.05) is 0 Å². The van der Waals surface area contributed by atoms with Gasteiger partial charge in [0.15, 0.2) is 11.6 Å². The minimum Gasteiger partial charge on any atom is -0.276 e. The molecule has 0 atom stereocenters. The zero-order valence-corrected chi connectivity index (χ0v) is 6.03. The molecule has 0 amide bonds. The van der Waals surface area contributed by atoms with Crippen molar-refractivity contribution in [2.45, 2.75) is 7.43 Å². The first kappa shape index (κ1) is 11.0. The van der Waals surface area contributed by atoms with Gasteiger partial charge in [0, 0.05) is 5.56 Å². The standard InChI is InChI=1S/C7H3ClF2O.CH4/c8-7(11)4-1-2-5(9)6(10)3-4;/h1-3H;1H4. The normalized spacial score (nSPS) is 8.92. The first-order valence-corrected chi connectivity index (χ1v) is 3.14. The van der Waals surface area contributed by atoms with E-state index >= 15 is 0 Å². The predicted octanol–water partition coefficient (Wildman–Crippen LogP) is 2.98. The number of hydrogen-bond acceptors (Lipinski definition) is 1. The van der Waals surface area contributed by atoms with Gasteiger partial charge in [-0.1, -0.05) is 7.43 Å². The van der Waals surface area contributed by atoms with Gasteiger partial charge in [-0.15, -0.1) is 0 Å². The summed E-state index contributed by atoms with van der Waals surface area (Å²) in [7, 11) is 0. The largest absolute Gasteiger partial charge is 0.276 e. The van der Waals surface area contributed by atoms with Crippen LogP contribution in [0.4, 0.5) is 8.78 Å². The predicted molar refractivity (Wildman–Crippen MR) is 43.3 cm³/mol. The molecule has 0 radical (unpaired) electrons. The van der Waals surface area contributed by atoms with Crippen LogP contribution in [-0.4, -0.2) is 5.24 Å². The Kier molecular flexibility index (Phi) is 3.83. The summed E-state index contributed by atoms with van der Waals surface area (Å²) in [5.74, 6) is -2.07. The molecular formula is C8H7ClF2O. The molecule has 0 aliphatic heterocycles. The average molecular weight is 193 g/mol. The van der Waals surface area contributed by atoms with E-state index in [2.05, 4.69) is 0 Å². The fourth-order valence-electron chi connectivity index (χ4n) is 0.618. The van der Waals surface area contributed by atoms with Gasteiger partial charge in [0.1, 0.15) is 0 Å². The SMILES string of the molecule is C.O=C(Cl)c1ccc(F)c(F)c1. The minimum absolute atomic E-state index is 0. The Morgan fingerprint density at radius 2 is 1.83 bits per heavy atom. The summed E-state index contributed by atoms with van der Waals surface area (Å²) in [5, 5.41) is -0.802. The van der Waals surface area contributed by atoms with E-state index in [9.17, 15) is 13.6 Å². The molecule has 0 aliphatic carbocycles. The second-order valence-corrected chi connectivity index (χ2v) is 2.25. The van der Waals surface area contributed by atoms with Crippen LogP contribution in [0.5, 0.6) is 0 Å². The zero-order chi connectivity index (χ0) is 8.43. The smallest absolute Gasteiger partial charge is 0.252 e. The maximum atomic E-state index is 12.4. The van der Waals surface area contributed by atoms with Crippen LogP contribution < -0.4 is 0 Å². The van der Waals surface area contributed by atoms with Crippen LogP contribution in [0.15, 0.2) is 18.2 Å². The minimum atomic E-state index is -1.07. The third kappa shape index (κ3) is 2.27. The van der Waals surface area contributed by atoms with Crippen molar-refractivity contribution in [3.8, 4) is 0 Å². The van der Waals surface area contributed by atoms with Crippen LogP contribution >= 0.6 is 11.6 Å². The van der Waals surface area contributed by atoms with Gasteiger partial charge in [-0.3, -0.25) is 4.79 Å². The Morgan fingerprint density at radius 3 is 2.25 bits per heavy atom. The summed E-state index contributed by atoms with van der Waals surface area (Å²) < 4.78 is 24.6. The molecule has 66 valence electrons. The number of halogens is 3. The number of hydrogen-bond donors (Lipinski definition) is 0. The van der Waals surface area contributed by atoms with Gasteiger partial charge in [0.2, 0.25) is 0 Å². The van der Waals surface area contributed by atoms with Crippen LogP contribution in [-0.2, 0) is 0 Å². The molecule has 0 aromatic heterocycles. The monoisotopic (exact) mass is 192 g/mol. The van der Waals surface area contributed by atoms with Crippen LogP contribution in [0, 0.1) is 11.6 Å². The van der Waals surface area contributed by atoms with Gasteiger partial charge in [-0.25, -0.2) is 8.78 Å². The number of rotatable bonds is 1. The van der Waals surface area contributed by atoms with Gasteiger partial charge < -0.3 is 0 Å². The highest BCUT2D eigenvalue weighted by Crippen LogP contribution is 2.10. The van der Waals surface area contributed by atoms with E-state index < -0.39 is 16.9 Å². The summed E-state index contributed by atoms with van der Waals surface area (Å²) in [6.45, 7) is 0. The molecule has 12 heavy (non-hydrogen) atoms. The van der Waals surface area contributed by atoms with Crippen molar-refractivity contribution in [3.63, 3.8) is 0 Å². The Balaban J connectivity index is 0.00000121. The maximum absolute atomic E-state index is 12.4. The van der Waals surface area contributed by atoms with Crippen molar-refractivity contribution in [3.05, 3.63) is 35.4 Å². The van der Waals surface area contributed by atoms with Crippen LogP contribution in [0.3, 0.4) is 0 Å².